The first-order chi connectivity index (χ1) is 13.1. The summed E-state index contributed by atoms with van der Waals surface area (Å²) in [6.45, 7) is 7.41. The second-order valence-electron chi connectivity index (χ2n) is 8.00. The Morgan fingerprint density at radius 2 is 2.00 bits per heavy atom. The predicted octanol–water partition coefficient (Wildman–Crippen LogP) is 2.15. The molecule has 1 N–H and O–H groups in total. The van der Waals surface area contributed by atoms with Crippen molar-refractivity contribution in [3.63, 3.8) is 0 Å². The second-order valence-corrected chi connectivity index (χ2v) is 8.00. The molecule has 1 aliphatic heterocycles. The van der Waals surface area contributed by atoms with Gasteiger partial charge in [-0.05, 0) is 51.4 Å². The number of anilines is 2. The Balaban J connectivity index is 1.58. The van der Waals surface area contributed by atoms with E-state index in [1.165, 1.54) is 43.6 Å². The second kappa shape index (κ2) is 7.46. The van der Waals surface area contributed by atoms with Crippen LogP contribution in [0.2, 0.25) is 0 Å². The van der Waals surface area contributed by atoms with E-state index >= 15 is 0 Å². The Hall–Kier alpha value is -2.15. The van der Waals surface area contributed by atoms with Gasteiger partial charge in [0, 0.05) is 44.0 Å². The average molecular weight is 370 g/mol. The topological polar surface area (TPSA) is 62.1 Å². The van der Waals surface area contributed by atoms with Gasteiger partial charge in [-0.1, -0.05) is 6.92 Å². The molecule has 0 atom stereocenters. The molecule has 0 saturated carbocycles. The fourth-order valence-electron chi connectivity index (χ4n) is 4.48. The summed E-state index contributed by atoms with van der Waals surface area (Å²) in [5.74, 6) is 1.83. The molecule has 0 aromatic carbocycles. The molecule has 0 unspecified atom stereocenters. The molecule has 0 amide bonds. The van der Waals surface area contributed by atoms with Crippen molar-refractivity contribution in [3.8, 4) is 0 Å². The largest absolute Gasteiger partial charge is 0.368 e. The van der Waals surface area contributed by atoms with E-state index in [1.807, 2.05) is 42.1 Å². The van der Waals surface area contributed by atoms with E-state index in [1.54, 1.807) is 0 Å². The first-order valence-corrected chi connectivity index (χ1v) is 10.1. The van der Waals surface area contributed by atoms with Crippen LogP contribution < -0.4 is 10.2 Å². The minimum Gasteiger partial charge on any atom is -0.368 e. The zero-order valence-corrected chi connectivity index (χ0v) is 16.8. The molecular formula is C20H31N7. The van der Waals surface area contributed by atoms with Gasteiger partial charge in [-0.3, -0.25) is 4.68 Å². The predicted molar refractivity (Wildman–Crippen MR) is 108 cm³/mol. The van der Waals surface area contributed by atoms with Crippen LogP contribution in [-0.2, 0) is 18.4 Å². The monoisotopic (exact) mass is 369 g/mol. The quantitative estimate of drug-likeness (QED) is 0.842. The Labute approximate surface area is 161 Å². The number of aromatic nitrogens is 4. The standard InChI is InChI=1S/C20H31N7/c1-4-26-13-8-20(9-14-26)7-6-16-17(20)23-19(25(2)3)24-18(16)21-11-15-27-12-5-10-22-27/h5,10,12H,4,6-9,11,13-15H2,1-3H3,(H,21,23,24). The molecule has 3 heterocycles. The van der Waals surface area contributed by atoms with Crippen molar-refractivity contribution < 1.29 is 0 Å². The maximum atomic E-state index is 5.04. The molecule has 1 fully saturated rings. The van der Waals surface area contributed by atoms with Crippen molar-refractivity contribution in [3.05, 3.63) is 29.7 Å². The SMILES string of the molecule is CCN1CCC2(CCc3c(NCCn4cccn4)nc(N(C)C)nc32)CC1. The van der Waals surface area contributed by atoms with Crippen molar-refractivity contribution >= 4 is 11.8 Å². The molecule has 1 saturated heterocycles. The van der Waals surface area contributed by atoms with Crippen LogP contribution in [0.25, 0.3) is 0 Å². The fraction of sp³-hybridized carbons (Fsp3) is 0.650. The lowest BCUT2D eigenvalue weighted by molar-refractivity contribution is 0.162. The molecule has 7 nitrogen and oxygen atoms in total. The minimum absolute atomic E-state index is 0.243. The highest BCUT2D eigenvalue weighted by Gasteiger charge is 2.44. The minimum atomic E-state index is 0.243. The molecule has 27 heavy (non-hydrogen) atoms. The Morgan fingerprint density at radius 1 is 1.19 bits per heavy atom. The zero-order valence-electron chi connectivity index (χ0n) is 16.8. The van der Waals surface area contributed by atoms with Gasteiger partial charge in [0.2, 0.25) is 5.95 Å². The van der Waals surface area contributed by atoms with Crippen molar-refractivity contribution in [2.24, 2.45) is 0 Å². The van der Waals surface area contributed by atoms with Gasteiger partial charge in [0.25, 0.3) is 0 Å². The summed E-state index contributed by atoms with van der Waals surface area (Å²) in [6.07, 6.45) is 8.53. The van der Waals surface area contributed by atoms with Gasteiger partial charge in [0.1, 0.15) is 5.82 Å². The van der Waals surface area contributed by atoms with Gasteiger partial charge >= 0.3 is 0 Å². The van der Waals surface area contributed by atoms with E-state index in [2.05, 4.69) is 22.2 Å². The van der Waals surface area contributed by atoms with Gasteiger partial charge in [0.05, 0.1) is 12.2 Å². The zero-order chi connectivity index (χ0) is 18.9. The van der Waals surface area contributed by atoms with Crippen LogP contribution in [0.1, 0.15) is 37.4 Å². The van der Waals surface area contributed by atoms with Crippen LogP contribution >= 0.6 is 0 Å². The van der Waals surface area contributed by atoms with Crippen molar-refractivity contribution in [1.29, 1.82) is 0 Å². The van der Waals surface area contributed by atoms with Gasteiger partial charge in [0.15, 0.2) is 0 Å². The van der Waals surface area contributed by atoms with Crippen LogP contribution in [0.3, 0.4) is 0 Å². The first kappa shape index (κ1) is 18.2. The van der Waals surface area contributed by atoms with Crippen LogP contribution in [-0.4, -0.2) is 64.9 Å². The number of rotatable bonds is 6. The highest BCUT2D eigenvalue weighted by Crippen LogP contribution is 2.47. The average Bonchev–Trinajstić information content (AvgIpc) is 3.31. The number of nitrogens with one attached hydrogen (secondary N) is 1. The number of hydrogen-bond donors (Lipinski definition) is 1. The smallest absolute Gasteiger partial charge is 0.227 e. The van der Waals surface area contributed by atoms with Gasteiger partial charge < -0.3 is 15.1 Å². The summed E-state index contributed by atoms with van der Waals surface area (Å²) in [4.78, 5) is 14.4. The first-order valence-electron chi connectivity index (χ1n) is 10.1. The number of fused-ring (bicyclic) bond motifs is 2. The van der Waals surface area contributed by atoms with E-state index in [4.69, 9.17) is 9.97 Å². The summed E-state index contributed by atoms with van der Waals surface area (Å²) in [6, 6.07) is 1.96. The highest BCUT2D eigenvalue weighted by atomic mass is 15.3. The van der Waals surface area contributed by atoms with E-state index in [0.717, 1.165) is 37.8 Å². The van der Waals surface area contributed by atoms with Gasteiger partial charge in [-0.25, -0.2) is 4.98 Å². The lowest BCUT2D eigenvalue weighted by Gasteiger charge is -2.39. The molecule has 1 spiro atoms. The summed E-state index contributed by atoms with van der Waals surface area (Å²) in [7, 11) is 4.05. The highest BCUT2D eigenvalue weighted by molar-refractivity contribution is 5.55. The van der Waals surface area contributed by atoms with E-state index in [-0.39, 0.29) is 5.41 Å². The molecule has 2 aliphatic rings. The summed E-state index contributed by atoms with van der Waals surface area (Å²) in [5, 5.41) is 7.85. The molecule has 2 aromatic rings. The third-order valence-electron chi connectivity index (χ3n) is 6.20. The molecule has 146 valence electrons. The van der Waals surface area contributed by atoms with Crippen molar-refractivity contribution in [1.82, 2.24) is 24.6 Å². The molecule has 7 heteroatoms. The van der Waals surface area contributed by atoms with Crippen LogP contribution in [0, 0.1) is 0 Å². The third-order valence-corrected chi connectivity index (χ3v) is 6.20. The summed E-state index contributed by atoms with van der Waals surface area (Å²) in [5.41, 5.74) is 2.89. The van der Waals surface area contributed by atoms with Crippen LogP contribution in [0.15, 0.2) is 18.5 Å². The summed E-state index contributed by atoms with van der Waals surface area (Å²) < 4.78 is 1.95. The Kier molecular flexibility index (Phi) is 5.04. The fourth-order valence-corrected chi connectivity index (χ4v) is 4.48. The van der Waals surface area contributed by atoms with Gasteiger partial charge in [-0.15, -0.1) is 0 Å². The third kappa shape index (κ3) is 3.52. The molecule has 2 aromatic heterocycles. The van der Waals surface area contributed by atoms with E-state index in [0.29, 0.717) is 0 Å². The van der Waals surface area contributed by atoms with E-state index < -0.39 is 0 Å². The molecular weight excluding hydrogens is 338 g/mol. The lowest BCUT2D eigenvalue weighted by atomic mass is 9.76. The van der Waals surface area contributed by atoms with Crippen LogP contribution in [0.5, 0.6) is 0 Å². The maximum absolute atomic E-state index is 5.04. The van der Waals surface area contributed by atoms with E-state index in [9.17, 15) is 0 Å². The normalized spacial score (nSPS) is 18.6. The Bertz CT molecular complexity index is 761. The van der Waals surface area contributed by atoms with Crippen molar-refractivity contribution in [2.45, 2.75) is 44.6 Å². The molecule has 4 rings (SSSR count). The maximum Gasteiger partial charge on any atom is 0.227 e. The van der Waals surface area contributed by atoms with Crippen molar-refractivity contribution in [2.75, 3.05) is 50.5 Å². The number of piperidine rings is 1. The number of likely N-dealkylation sites (tertiary alicyclic amines) is 1. The van der Waals surface area contributed by atoms with Gasteiger partial charge in [-0.2, -0.15) is 10.1 Å². The molecule has 1 aliphatic carbocycles. The lowest BCUT2D eigenvalue weighted by Crippen LogP contribution is -2.41. The van der Waals surface area contributed by atoms with Crippen LogP contribution in [0.4, 0.5) is 11.8 Å². The molecule has 0 radical (unpaired) electrons. The number of hydrogen-bond acceptors (Lipinski definition) is 6. The Morgan fingerprint density at radius 3 is 2.67 bits per heavy atom. The number of nitrogens with zero attached hydrogens (tertiary/aromatic N) is 6. The molecule has 0 bridgehead atoms. The summed E-state index contributed by atoms with van der Waals surface area (Å²) >= 11 is 0.